The Morgan fingerprint density at radius 3 is 2.75 bits per heavy atom. The first-order valence-corrected chi connectivity index (χ1v) is 6.37. The van der Waals surface area contributed by atoms with Gasteiger partial charge >= 0.3 is 0 Å². The average molecular weight is 282 g/mol. The van der Waals surface area contributed by atoms with Gasteiger partial charge in [-0.25, -0.2) is 13.2 Å². The molecule has 0 saturated heterocycles. The number of nitrogens with zero attached hydrogens (tertiary/aromatic N) is 3. The summed E-state index contributed by atoms with van der Waals surface area (Å²) in [6.07, 6.45) is 1.59. The molecule has 4 nitrogen and oxygen atoms in total. The summed E-state index contributed by atoms with van der Waals surface area (Å²) in [5.74, 6) is -2.76. The Hall–Kier alpha value is -1.89. The van der Waals surface area contributed by atoms with Crippen molar-refractivity contribution in [2.75, 3.05) is 6.54 Å². The topological polar surface area (TPSA) is 56.7 Å². The van der Waals surface area contributed by atoms with Crippen LogP contribution < -0.4 is 5.73 Å². The first-order valence-electron chi connectivity index (χ1n) is 6.37. The lowest BCUT2D eigenvalue weighted by atomic mass is 9.99. The summed E-state index contributed by atoms with van der Waals surface area (Å²) in [5, 5.41) is 7.90. The molecule has 0 fully saturated rings. The van der Waals surface area contributed by atoms with Crippen molar-refractivity contribution in [2.45, 2.75) is 19.4 Å². The SMILES string of the molecule is NCC1CCc2nnc(-c3ccc(F)c(F)c3F)n2C1. The molecule has 0 saturated carbocycles. The van der Waals surface area contributed by atoms with Gasteiger partial charge < -0.3 is 10.3 Å². The number of hydrogen-bond acceptors (Lipinski definition) is 3. The molecule has 106 valence electrons. The van der Waals surface area contributed by atoms with Crippen molar-refractivity contribution in [3.63, 3.8) is 0 Å². The molecule has 0 spiro atoms. The van der Waals surface area contributed by atoms with E-state index in [2.05, 4.69) is 10.2 Å². The fraction of sp³-hybridized carbons (Fsp3) is 0.385. The monoisotopic (exact) mass is 282 g/mol. The van der Waals surface area contributed by atoms with Crippen molar-refractivity contribution in [3.05, 3.63) is 35.4 Å². The highest BCUT2D eigenvalue weighted by Gasteiger charge is 2.25. The number of nitrogens with two attached hydrogens (primary N) is 1. The Labute approximate surface area is 113 Å². The number of aryl methyl sites for hydroxylation is 1. The van der Waals surface area contributed by atoms with E-state index >= 15 is 0 Å². The summed E-state index contributed by atoms with van der Waals surface area (Å²) in [4.78, 5) is 0. The molecule has 1 aliphatic heterocycles. The van der Waals surface area contributed by atoms with Gasteiger partial charge in [0.25, 0.3) is 0 Å². The maximum atomic E-state index is 13.9. The van der Waals surface area contributed by atoms with E-state index in [9.17, 15) is 13.2 Å². The minimum atomic E-state index is -1.49. The molecule has 2 heterocycles. The number of benzene rings is 1. The third-order valence-corrected chi connectivity index (χ3v) is 3.65. The smallest absolute Gasteiger partial charge is 0.195 e. The number of fused-ring (bicyclic) bond motifs is 1. The van der Waals surface area contributed by atoms with E-state index in [0.29, 0.717) is 25.3 Å². The Morgan fingerprint density at radius 2 is 2.00 bits per heavy atom. The van der Waals surface area contributed by atoms with Crippen molar-refractivity contribution < 1.29 is 13.2 Å². The molecule has 1 unspecified atom stereocenters. The first-order chi connectivity index (χ1) is 9.61. The third-order valence-electron chi connectivity index (χ3n) is 3.65. The van der Waals surface area contributed by atoms with Gasteiger partial charge in [0, 0.05) is 13.0 Å². The van der Waals surface area contributed by atoms with E-state index in [0.717, 1.165) is 12.5 Å². The maximum Gasteiger partial charge on any atom is 0.195 e. The molecule has 2 aromatic rings. The zero-order valence-electron chi connectivity index (χ0n) is 10.6. The van der Waals surface area contributed by atoms with Crippen LogP contribution in [-0.2, 0) is 13.0 Å². The van der Waals surface area contributed by atoms with Gasteiger partial charge in [-0.1, -0.05) is 0 Å². The van der Waals surface area contributed by atoms with Gasteiger partial charge in [0.05, 0.1) is 5.56 Å². The lowest BCUT2D eigenvalue weighted by Crippen LogP contribution is -2.26. The van der Waals surface area contributed by atoms with Crippen molar-refractivity contribution in [1.29, 1.82) is 0 Å². The van der Waals surface area contributed by atoms with Crippen LogP contribution in [0, 0.1) is 23.4 Å². The summed E-state index contributed by atoms with van der Waals surface area (Å²) in [6, 6.07) is 2.07. The highest BCUT2D eigenvalue weighted by atomic mass is 19.2. The summed E-state index contributed by atoms with van der Waals surface area (Å²) >= 11 is 0. The van der Waals surface area contributed by atoms with Crippen LogP contribution in [0.4, 0.5) is 13.2 Å². The Balaban J connectivity index is 2.09. The second kappa shape index (κ2) is 4.90. The summed E-state index contributed by atoms with van der Waals surface area (Å²) < 4.78 is 41.9. The Bertz CT molecular complexity index is 653. The molecular formula is C13H13F3N4. The lowest BCUT2D eigenvalue weighted by Gasteiger charge is -2.23. The van der Waals surface area contributed by atoms with Gasteiger partial charge in [-0.15, -0.1) is 10.2 Å². The first kappa shape index (κ1) is 13.1. The highest BCUT2D eigenvalue weighted by Crippen LogP contribution is 2.28. The summed E-state index contributed by atoms with van der Waals surface area (Å²) in [5.41, 5.74) is 5.57. The molecule has 0 bridgehead atoms. The van der Waals surface area contributed by atoms with E-state index < -0.39 is 17.5 Å². The summed E-state index contributed by atoms with van der Waals surface area (Å²) in [6.45, 7) is 1.07. The van der Waals surface area contributed by atoms with Gasteiger partial charge in [-0.3, -0.25) is 0 Å². The second-order valence-electron chi connectivity index (χ2n) is 4.91. The molecule has 1 atom stereocenters. The van der Waals surface area contributed by atoms with Crippen LogP contribution in [0.15, 0.2) is 12.1 Å². The number of aromatic nitrogens is 3. The maximum absolute atomic E-state index is 13.9. The lowest BCUT2D eigenvalue weighted by molar-refractivity contribution is 0.375. The zero-order valence-corrected chi connectivity index (χ0v) is 10.6. The number of hydrogen-bond donors (Lipinski definition) is 1. The van der Waals surface area contributed by atoms with Gasteiger partial charge in [-0.05, 0) is 31.0 Å². The van der Waals surface area contributed by atoms with Crippen LogP contribution >= 0.6 is 0 Å². The van der Waals surface area contributed by atoms with Crippen LogP contribution in [0.1, 0.15) is 12.2 Å². The van der Waals surface area contributed by atoms with E-state index in [1.54, 1.807) is 4.57 Å². The van der Waals surface area contributed by atoms with Gasteiger partial charge in [0.2, 0.25) is 0 Å². The van der Waals surface area contributed by atoms with Gasteiger partial charge in [0.15, 0.2) is 23.3 Å². The Kier molecular flexibility index (Phi) is 3.21. The van der Waals surface area contributed by atoms with E-state index in [1.807, 2.05) is 0 Å². The second-order valence-corrected chi connectivity index (χ2v) is 4.91. The standard InChI is InChI=1S/C13H13F3N4/c14-9-3-2-8(11(15)12(9)16)13-19-18-10-4-1-7(5-17)6-20(10)13/h2-3,7H,1,4-6,17H2. The molecule has 7 heteroatoms. The third kappa shape index (κ3) is 1.98. The molecule has 0 aliphatic carbocycles. The molecular weight excluding hydrogens is 269 g/mol. The van der Waals surface area contributed by atoms with Gasteiger partial charge in [-0.2, -0.15) is 0 Å². The van der Waals surface area contributed by atoms with E-state index in [4.69, 9.17) is 5.73 Å². The molecule has 1 aliphatic rings. The molecule has 0 radical (unpaired) electrons. The minimum Gasteiger partial charge on any atom is -0.330 e. The van der Waals surface area contributed by atoms with Crippen molar-refractivity contribution >= 4 is 0 Å². The largest absolute Gasteiger partial charge is 0.330 e. The van der Waals surface area contributed by atoms with Gasteiger partial charge in [0.1, 0.15) is 5.82 Å². The predicted octanol–water partition coefficient (Wildman–Crippen LogP) is 1.88. The molecule has 20 heavy (non-hydrogen) atoms. The van der Waals surface area contributed by atoms with Crippen LogP contribution in [0.2, 0.25) is 0 Å². The van der Waals surface area contributed by atoms with Crippen molar-refractivity contribution in [1.82, 2.24) is 14.8 Å². The van der Waals surface area contributed by atoms with E-state index in [-0.39, 0.29) is 17.3 Å². The molecule has 0 amide bonds. The van der Waals surface area contributed by atoms with Crippen LogP contribution in [0.5, 0.6) is 0 Å². The zero-order chi connectivity index (χ0) is 14.3. The normalized spacial score (nSPS) is 18.1. The molecule has 1 aromatic carbocycles. The number of rotatable bonds is 2. The fourth-order valence-corrected chi connectivity index (χ4v) is 2.49. The highest BCUT2D eigenvalue weighted by molar-refractivity contribution is 5.56. The molecule has 2 N–H and O–H groups in total. The minimum absolute atomic E-state index is 0.0830. The molecule has 1 aromatic heterocycles. The fourth-order valence-electron chi connectivity index (χ4n) is 2.49. The predicted molar refractivity (Wildman–Crippen MR) is 66.2 cm³/mol. The van der Waals surface area contributed by atoms with E-state index in [1.165, 1.54) is 6.07 Å². The van der Waals surface area contributed by atoms with Crippen LogP contribution in [-0.4, -0.2) is 21.3 Å². The Morgan fingerprint density at radius 1 is 1.20 bits per heavy atom. The van der Waals surface area contributed by atoms with Crippen LogP contribution in [0.3, 0.4) is 0 Å². The van der Waals surface area contributed by atoms with Crippen molar-refractivity contribution in [3.8, 4) is 11.4 Å². The molecule has 3 rings (SSSR count). The van der Waals surface area contributed by atoms with Crippen molar-refractivity contribution in [2.24, 2.45) is 11.7 Å². The summed E-state index contributed by atoms with van der Waals surface area (Å²) in [7, 11) is 0. The average Bonchev–Trinajstić information content (AvgIpc) is 2.88. The quantitative estimate of drug-likeness (QED) is 0.856. The number of halogens is 3. The van der Waals surface area contributed by atoms with Crippen LogP contribution in [0.25, 0.3) is 11.4 Å².